The maximum absolute atomic E-state index is 10.8. The lowest BCUT2D eigenvalue weighted by Gasteiger charge is -2.36. The minimum absolute atomic E-state index is 0.115. The van der Waals surface area contributed by atoms with Crippen molar-refractivity contribution in [1.82, 2.24) is 15.0 Å². The molecular weight excluding hydrogens is 418 g/mol. The van der Waals surface area contributed by atoms with Gasteiger partial charge < -0.3 is 24.1 Å². The number of hydrogen-bond acceptors (Lipinski definition) is 8. The molecule has 2 unspecified atom stereocenters. The molecule has 2 aliphatic rings. The van der Waals surface area contributed by atoms with Crippen molar-refractivity contribution in [1.29, 1.82) is 0 Å². The van der Waals surface area contributed by atoms with Gasteiger partial charge in [-0.1, -0.05) is 24.3 Å². The van der Waals surface area contributed by atoms with E-state index in [9.17, 15) is 4.79 Å². The summed E-state index contributed by atoms with van der Waals surface area (Å²) in [7, 11) is 0. The van der Waals surface area contributed by atoms with Gasteiger partial charge in [0.15, 0.2) is 5.65 Å². The SMILES string of the molecule is CC1CN(c2nc(N3CCOCC3)c3ccc(-c4ccc(CC=O)cc4)nc3n2)CC(C)O1. The Balaban J connectivity index is 1.57. The number of morpholine rings is 2. The first-order chi connectivity index (χ1) is 16.1. The average Bonchev–Trinajstić information content (AvgIpc) is 2.83. The summed E-state index contributed by atoms with van der Waals surface area (Å²) < 4.78 is 11.5. The lowest BCUT2D eigenvalue weighted by Crippen LogP contribution is -2.46. The number of benzene rings is 1. The van der Waals surface area contributed by atoms with Gasteiger partial charge in [0.1, 0.15) is 12.1 Å². The van der Waals surface area contributed by atoms with E-state index in [1.54, 1.807) is 0 Å². The molecule has 0 spiro atoms. The quantitative estimate of drug-likeness (QED) is 0.553. The third-order valence-corrected chi connectivity index (χ3v) is 6.11. The molecule has 8 nitrogen and oxygen atoms in total. The van der Waals surface area contributed by atoms with Crippen LogP contribution in [0.25, 0.3) is 22.3 Å². The van der Waals surface area contributed by atoms with Crippen LogP contribution in [-0.2, 0) is 20.7 Å². The van der Waals surface area contributed by atoms with Crippen LogP contribution in [0.15, 0.2) is 36.4 Å². The molecule has 172 valence electrons. The van der Waals surface area contributed by atoms with E-state index >= 15 is 0 Å². The smallest absolute Gasteiger partial charge is 0.229 e. The molecule has 8 heteroatoms. The lowest BCUT2D eigenvalue weighted by molar-refractivity contribution is -0.107. The highest BCUT2D eigenvalue weighted by Crippen LogP contribution is 2.30. The van der Waals surface area contributed by atoms with Crippen LogP contribution in [0, 0.1) is 0 Å². The van der Waals surface area contributed by atoms with Crippen molar-refractivity contribution >= 4 is 29.1 Å². The molecule has 0 radical (unpaired) electrons. The maximum Gasteiger partial charge on any atom is 0.229 e. The number of carbonyl (C=O) groups is 1. The summed E-state index contributed by atoms with van der Waals surface area (Å²) in [5.41, 5.74) is 3.52. The van der Waals surface area contributed by atoms with Crippen molar-refractivity contribution in [3.05, 3.63) is 42.0 Å². The van der Waals surface area contributed by atoms with E-state index in [1.807, 2.05) is 30.3 Å². The molecule has 4 heterocycles. The molecule has 3 aromatic rings. The predicted molar refractivity (Wildman–Crippen MR) is 128 cm³/mol. The van der Waals surface area contributed by atoms with Crippen LogP contribution in [0.2, 0.25) is 0 Å². The van der Waals surface area contributed by atoms with Gasteiger partial charge in [-0.25, -0.2) is 4.98 Å². The number of pyridine rings is 1. The molecule has 0 bridgehead atoms. The van der Waals surface area contributed by atoms with E-state index < -0.39 is 0 Å². The number of anilines is 2. The first-order valence-electron chi connectivity index (χ1n) is 11.6. The van der Waals surface area contributed by atoms with Crippen molar-refractivity contribution in [2.75, 3.05) is 49.2 Å². The zero-order valence-corrected chi connectivity index (χ0v) is 19.1. The molecule has 0 saturated carbocycles. The average molecular weight is 448 g/mol. The second-order valence-corrected chi connectivity index (χ2v) is 8.74. The van der Waals surface area contributed by atoms with E-state index in [2.05, 4.69) is 29.7 Å². The number of nitrogens with zero attached hydrogens (tertiary/aromatic N) is 5. The summed E-state index contributed by atoms with van der Waals surface area (Å²) in [6, 6.07) is 12.0. The molecule has 0 amide bonds. The third kappa shape index (κ3) is 4.67. The minimum atomic E-state index is 0.115. The van der Waals surface area contributed by atoms with Crippen LogP contribution in [0.5, 0.6) is 0 Å². The number of hydrogen-bond donors (Lipinski definition) is 0. The summed E-state index contributed by atoms with van der Waals surface area (Å²) in [5, 5.41) is 0.941. The fourth-order valence-electron chi connectivity index (χ4n) is 4.55. The molecule has 2 fully saturated rings. The van der Waals surface area contributed by atoms with Crippen molar-refractivity contribution in [2.45, 2.75) is 32.5 Å². The minimum Gasteiger partial charge on any atom is -0.378 e. The van der Waals surface area contributed by atoms with Gasteiger partial charge in [-0.05, 0) is 31.5 Å². The Labute approximate surface area is 193 Å². The molecule has 5 rings (SSSR count). The largest absolute Gasteiger partial charge is 0.378 e. The van der Waals surface area contributed by atoms with E-state index in [1.165, 1.54) is 0 Å². The second kappa shape index (κ2) is 9.41. The van der Waals surface area contributed by atoms with Crippen LogP contribution >= 0.6 is 0 Å². The standard InChI is InChI=1S/C25H29N5O3/c1-17-15-30(16-18(2)33-17)25-27-23-21(24(28-25)29-10-13-32-14-11-29)7-8-22(26-23)20-5-3-19(4-6-20)9-12-31/h3-8,12,17-18H,9-11,13-16H2,1-2H3. The summed E-state index contributed by atoms with van der Waals surface area (Å²) in [6.07, 6.45) is 1.57. The molecule has 2 atom stereocenters. The molecule has 0 aliphatic carbocycles. The van der Waals surface area contributed by atoms with Crippen molar-refractivity contribution < 1.29 is 14.3 Å². The van der Waals surface area contributed by atoms with Crippen LogP contribution in [0.3, 0.4) is 0 Å². The number of fused-ring (bicyclic) bond motifs is 1. The molecule has 2 saturated heterocycles. The second-order valence-electron chi connectivity index (χ2n) is 8.74. The normalized spacial score (nSPS) is 21.4. The van der Waals surface area contributed by atoms with Gasteiger partial charge in [-0.3, -0.25) is 0 Å². The Morgan fingerprint density at radius 3 is 2.36 bits per heavy atom. The van der Waals surface area contributed by atoms with E-state index in [-0.39, 0.29) is 12.2 Å². The van der Waals surface area contributed by atoms with E-state index in [0.29, 0.717) is 31.2 Å². The fourth-order valence-corrected chi connectivity index (χ4v) is 4.55. The summed E-state index contributed by atoms with van der Waals surface area (Å²) in [5.74, 6) is 1.60. The lowest BCUT2D eigenvalue weighted by atomic mass is 10.1. The summed E-state index contributed by atoms with van der Waals surface area (Å²) in [6.45, 7) is 8.61. The summed E-state index contributed by atoms with van der Waals surface area (Å²) in [4.78, 5) is 30.1. The first-order valence-corrected chi connectivity index (χ1v) is 11.6. The molecule has 0 N–H and O–H groups in total. The highest BCUT2D eigenvalue weighted by molar-refractivity contribution is 5.90. The van der Waals surface area contributed by atoms with Crippen molar-refractivity contribution in [3.8, 4) is 11.3 Å². The molecule has 2 aromatic heterocycles. The zero-order chi connectivity index (χ0) is 22.8. The van der Waals surface area contributed by atoms with Gasteiger partial charge >= 0.3 is 0 Å². The van der Waals surface area contributed by atoms with Gasteiger partial charge in [0.05, 0.1) is 36.5 Å². The molecular formula is C25H29N5O3. The van der Waals surface area contributed by atoms with Gasteiger partial charge in [0.2, 0.25) is 5.95 Å². The van der Waals surface area contributed by atoms with Crippen LogP contribution in [0.1, 0.15) is 19.4 Å². The molecule has 33 heavy (non-hydrogen) atoms. The number of ether oxygens (including phenoxy) is 2. The Bertz CT molecular complexity index is 1120. The third-order valence-electron chi connectivity index (χ3n) is 6.11. The Hall–Kier alpha value is -3.10. The van der Waals surface area contributed by atoms with Gasteiger partial charge in [-0.15, -0.1) is 0 Å². The summed E-state index contributed by atoms with van der Waals surface area (Å²) >= 11 is 0. The van der Waals surface area contributed by atoms with Crippen LogP contribution < -0.4 is 9.80 Å². The fraction of sp³-hybridized carbons (Fsp3) is 0.440. The predicted octanol–water partition coefficient (Wildman–Crippen LogP) is 2.88. The van der Waals surface area contributed by atoms with Gasteiger partial charge in [-0.2, -0.15) is 9.97 Å². The first kappa shape index (κ1) is 21.7. The number of carbonyl (C=O) groups excluding carboxylic acids is 1. The van der Waals surface area contributed by atoms with Crippen LogP contribution in [-0.4, -0.2) is 72.8 Å². The number of rotatable bonds is 5. The number of aldehydes is 1. The van der Waals surface area contributed by atoms with E-state index in [0.717, 1.165) is 60.5 Å². The maximum atomic E-state index is 10.8. The molecule has 2 aliphatic heterocycles. The monoisotopic (exact) mass is 447 g/mol. The topological polar surface area (TPSA) is 80.7 Å². The Morgan fingerprint density at radius 2 is 1.67 bits per heavy atom. The molecule has 1 aromatic carbocycles. The Morgan fingerprint density at radius 1 is 0.939 bits per heavy atom. The van der Waals surface area contributed by atoms with E-state index in [4.69, 9.17) is 24.4 Å². The van der Waals surface area contributed by atoms with Gasteiger partial charge in [0, 0.05) is 38.2 Å². The van der Waals surface area contributed by atoms with Crippen LogP contribution in [0.4, 0.5) is 11.8 Å². The van der Waals surface area contributed by atoms with Crippen molar-refractivity contribution in [2.24, 2.45) is 0 Å². The zero-order valence-electron chi connectivity index (χ0n) is 19.1. The van der Waals surface area contributed by atoms with Gasteiger partial charge in [0.25, 0.3) is 0 Å². The number of aromatic nitrogens is 3. The highest BCUT2D eigenvalue weighted by atomic mass is 16.5. The highest BCUT2D eigenvalue weighted by Gasteiger charge is 2.26. The van der Waals surface area contributed by atoms with Crippen molar-refractivity contribution in [3.63, 3.8) is 0 Å². The Kier molecular flexibility index (Phi) is 6.20.